The van der Waals surface area contributed by atoms with Gasteiger partial charge in [-0.2, -0.15) is 0 Å². The van der Waals surface area contributed by atoms with Gasteiger partial charge in [-0.3, -0.25) is 0 Å². The molecule has 0 radical (unpaired) electrons. The van der Waals surface area contributed by atoms with E-state index in [9.17, 15) is 0 Å². The van der Waals surface area contributed by atoms with Gasteiger partial charge in [-0.25, -0.2) is 0 Å². The molecule has 0 aromatic heterocycles. The smallest absolute Gasteiger partial charge is 0.0134 e. The normalized spacial score (nSPS) is 10.2. The van der Waals surface area contributed by atoms with Crippen LogP contribution < -0.4 is 31.8 Å². The molecule has 0 saturated heterocycles. The first-order valence-corrected chi connectivity index (χ1v) is 21.3. The molecule has 0 amide bonds. The molecule has 0 aliphatic rings. The fourth-order valence-electron chi connectivity index (χ4n) is 5.49. The number of hydrogen-bond acceptors (Lipinski definition) is 0. The van der Waals surface area contributed by atoms with Gasteiger partial charge >= 0.3 is 27.0 Å². The van der Waals surface area contributed by atoms with E-state index < -0.39 is 15.8 Å². The summed E-state index contributed by atoms with van der Waals surface area (Å²) in [6, 6.07) is 81.4. The van der Waals surface area contributed by atoms with Crippen LogP contribution in [-0.2, 0) is 17.3 Å². The molecule has 0 aliphatic carbocycles. The molecule has 0 atom stereocenters. The second kappa shape index (κ2) is 21.1. The predicted molar refractivity (Wildman–Crippen MR) is 220 cm³/mol. The number of halogens is 1. The van der Waals surface area contributed by atoms with Crippen LogP contribution in [0.5, 0.6) is 0 Å². The van der Waals surface area contributed by atoms with E-state index in [1.54, 1.807) is 0 Å². The maximum absolute atomic E-state index is 4.57. The quantitative estimate of drug-likeness (QED) is 0.116. The summed E-state index contributed by atoms with van der Waals surface area (Å²) >= 11 is 1.82. The van der Waals surface area contributed by atoms with Gasteiger partial charge in [-0.05, 0) is 58.4 Å². The van der Waals surface area contributed by atoms with Gasteiger partial charge in [0.25, 0.3) is 0 Å². The van der Waals surface area contributed by atoms with Crippen molar-refractivity contribution in [1.82, 2.24) is 0 Å². The number of benzene rings is 8. The van der Waals surface area contributed by atoms with Gasteiger partial charge in [0.05, 0.1) is 0 Å². The monoisotopic (exact) mass is 789 g/mol. The summed E-state index contributed by atoms with van der Waals surface area (Å²) < 4.78 is 0. The molecule has 247 valence electrons. The first-order valence-electron chi connectivity index (χ1n) is 16.3. The van der Waals surface area contributed by atoms with Gasteiger partial charge < -0.3 is 0 Å². The minimum Gasteiger partial charge on any atom is -0.0622 e. The third-order valence-electron chi connectivity index (χ3n) is 7.75. The summed E-state index contributed by atoms with van der Waals surface area (Å²) in [5.74, 6) is 0. The van der Waals surface area contributed by atoms with Crippen LogP contribution in [0.2, 0.25) is 0 Å². The molecule has 0 fully saturated rings. The van der Waals surface area contributed by atoms with Crippen molar-refractivity contribution in [3.8, 4) is 0 Å². The molecule has 0 aliphatic heterocycles. The number of rotatable bonds is 6. The molecule has 8 rings (SSSR count). The Bertz CT molecular complexity index is 1690. The minimum absolute atomic E-state index is 0.446. The molecule has 0 nitrogen and oxygen atoms in total. The Morgan fingerprint density at radius 2 is 0.360 bits per heavy atom. The van der Waals surface area contributed by atoms with E-state index in [0.717, 1.165) is 0 Å². The van der Waals surface area contributed by atoms with Crippen molar-refractivity contribution in [2.45, 2.75) is 0 Å². The number of fused-ring (bicyclic) bond motifs is 1. The van der Waals surface area contributed by atoms with E-state index in [0.29, 0.717) is 0 Å². The Hall–Kier alpha value is -4.21. The zero-order chi connectivity index (χ0) is 34.6. The SMILES string of the molecule is [Cl][Ru].c1ccc(P(c2ccccc2)c2ccccc2)cc1.c1ccc(P(c2ccccc2)c2ccccc2)cc1.c1ccc2ccccc2c1. The molecular weight excluding hydrogens is 751 g/mol. The van der Waals surface area contributed by atoms with E-state index in [1.165, 1.54) is 42.6 Å². The second-order valence-corrected chi connectivity index (χ2v) is 15.5. The number of hydrogen-bond donors (Lipinski definition) is 0. The van der Waals surface area contributed by atoms with Crippen LogP contribution in [-0.4, -0.2) is 0 Å². The second-order valence-electron chi connectivity index (χ2n) is 11.0. The van der Waals surface area contributed by atoms with E-state index in [-0.39, 0.29) is 0 Å². The van der Waals surface area contributed by atoms with Crippen LogP contribution in [0.15, 0.2) is 231 Å². The average Bonchev–Trinajstić information content (AvgIpc) is 3.22. The largest absolute Gasteiger partial charge is 0.0622 e. The average molecular weight is 789 g/mol. The Morgan fingerprint density at radius 1 is 0.220 bits per heavy atom. The molecule has 50 heavy (non-hydrogen) atoms. The van der Waals surface area contributed by atoms with Crippen LogP contribution in [0.1, 0.15) is 0 Å². The van der Waals surface area contributed by atoms with E-state index in [1.807, 2.05) is 17.3 Å². The van der Waals surface area contributed by atoms with E-state index >= 15 is 0 Å². The summed E-state index contributed by atoms with van der Waals surface area (Å²) in [5, 5.41) is 11.0. The third-order valence-corrected chi connectivity index (χ3v) is 12.6. The zero-order valence-corrected chi connectivity index (χ0v) is 31.8. The Morgan fingerprint density at radius 3 is 0.520 bits per heavy atom. The van der Waals surface area contributed by atoms with Crippen molar-refractivity contribution >= 4 is 68.1 Å². The van der Waals surface area contributed by atoms with Gasteiger partial charge in [0.15, 0.2) is 0 Å². The molecule has 0 heterocycles. The molecule has 8 aromatic carbocycles. The first kappa shape index (κ1) is 37.1. The molecule has 4 heteroatoms. The third kappa shape index (κ3) is 10.9. The Labute approximate surface area is 314 Å². The van der Waals surface area contributed by atoms with Gasteiger partial charge in [0.2, 0.25) is 0 Å². The summed E-state index contributed by atoms with van der Waals surface area (Å²) in [4.78, 5) is 0. The molecule has 0 bridgehead atoms. The van der Waals surface area contributed by atoms with Crippen molar-refractivity contribution in [3.05, 3.63) is 231 Å². The van der Waals surface area contributed by atoms with Gasteiger partial charge in [0.1, 0.15) is 0 Å². The fraction of sp³-hybridized carbons (Fsp3) is 0. The molecule has 8 aromatic rings. The summed E-state index contributed by atoms with van der Waals surface area (Å²) in [6.07, 6.45) is 0. The van der Waals surface area contributed by atoms with Crippen molar-refractivity contribution < 1.29 is 17.3 Å². The van der Waals surface area contributed by atoms with Crippen LogP contribution in [0.25, 0.3) is 10.8 Å². The van der Waals surface area contributed by atoms with Crippen molar-refractivity contribution in [3.63, 3.8) is 0 Å². The Balaban J connectivity index is 0.000000149. The standard InChI is InChI=1S/2C18H15P.C10H8.ClH.Ru/c2*1-4-10-16(11-5-1)19(17-12-6-2-7-13-17)18-14-8-3-9-15-18;1-2-6-10-8-4-3-7-9(10)5-1;;/h2*1-15H;1-8H;1H;/q;;;;+1/p-1. The maximum atomic E-state index is 4.57. The summed E-state index contributed by atoms with van der Waals surface area (Å²) in [7, 11) is 3.68. The summed E-state index contributed by atoms with van der Waals surface area (Å²) in [5.41, 5.74) is 0. The van der Waals surface area contributed by atoms with Crippen LogP contribution in [0.4, 0.5) is 0 Å². The maximum Gasteiger partial charge on any atom is -0.0134 e. The van der Waals surface area contributed by atoms with Crippen LogP contribution in [0.3, 0.4) is 0 Å². The van der Waals surface area contributed by atoms with Crippen molar-refractivity contribution in [2.75, 3.05) is 0 Å². The molecule has 0 unspecified atom stereocenters. The molecule has 0 saturated carbocycles. The van der Waals surface area contributed by atoms with Gasteiger partial charge in [-0.1, -0.05) is 231 Å². The van der Waals surface area contributed by atoms with E-state index in [2.05, 4.69) is 240 Å². The zero-order valence-electron chi connectivity index (χ0n) is 27.6. The molecule has 0 N–H and O–H groups in total. The van der Waals surface area contributed by atoms with Crippen molar-refractivity contribution in [1.29, 1.82) is 0 Å². The van der Waals surface area contributed by atoms with Crippen molar-refractivity contribution in [2.24, 2.45) is 0 Å². The molecular formula is C46H38ClP2Ru. The Kier molecular flexibility index (Phi) is 15.6. The topological polar surface area (TPSA) is 0 Å². The van der Waals surface area contributed by atoms with Crippen LogP contribution >= 0.6 is 25.5 Å². The van der Waals surface area contributed by atoms with Crippen LogP contribution in [0, 0.1) is 0 Å². The van der Waals surface area contributed by atoms with E-state index in [4.69, 9.17) is 0 Å². The molecule has 0 spiro atoms. The predicted octanol–water partition coefficient (Wildman–Crippen LogP) is 10.4. The minimum atomic E-state index is -0.446. The summed E-state index contributed by atoms with van der Waals surface area (Å²) in [6.45, 7) is 0. The fourth-order valence-corrected chi connectivity index (χ4v) is 10.1. The van der Waals surface area contributed by atoms with Gasteiger partial charge in [0, 0.05) is 0 Å². The van der Waals surface area contributed by atoms with Gasteiger partial charge in [-0.15, -0.1) is 0 Å². The first-order chi connectivity index (χ1) is 24.9.